The number of hydroxylamine groups is 2. The Morgan fingerprint density at radius 2 is 2.17 bits per heavy atom. The SMILES string of the molecule is COC(=O)/C=C/C(=O)N(O)CCC#Cc1cn(C2CC(O)C(CO)O2)c(=O)[nH]c1=O. The van der Waals surface area contributed by atoms with Crippen LogP contribution in [-0.4, -0.2) is 74.4 Å². The van der Waals surface area contributed by atoms with Crippen molar-refractivity contribution in [2.45, 2.75) is 31.3 Å². The fraction of sp³-hybridized carbons (Fsp3) is 0.444. The van der Waals surface area contributed by atoms with E-state index in [9.17, 15) is 29.5 Å². The third-order valence-corrected chi connectivity index (χ3v) is 4.15. The van der Waals surface area contributed by atoms with E-state index in [4.69, 9.17) is 9.84 Å². The molecule has 2 rings (SSSR count). The minimum Gasteiger partial charge on any atom is -0.466 e. The van der Waals surface area contributed by atoms with Gasteiger partial charge in [0.15, 0.2) is 0 Å². The van der Waals surface area contributed by atoms with Crippen LogP contribution in [0.5, 0.6) is 0 Å². The Bertz CT molecular complexity index is 985. The molecule has 30 heavy (non-hydrogen) atoms. The van der Waals surface area contributed by atoms with Crippen molar-refractivity contribution in [2.24, 2.45) is 0 Å². The van der Waals surface area contributed by atoms with Crippen LogP contribution in [0.1, 0.15) is 24.6 Å². The molecule has 4 N–H and O–H groups in total. The third kappa shape index (κ3) is 5.88. The second kappa shape index (κ2) is 10.5. The molecule has 1 fully saturated rings. The van der Waals surface area contributed by atoms with Gasteiger partial charge < -0.3 is 19.7 Å². The molecule has 1 aromatic rings. The van der Waals surface area contributed by atoms with Crippen LogP contribution in [0, 0.1) is 11.8 Å². The highest BCUT2D eigenvalue weighted by atomic mass is 16.5. The minimum atomic E-state index is -0.963. The molecule has 0 saturated carbocycles. The minimum absolute atomic E-state index is 0.0158. The number of H-pyrrole nitrogens is 1. The lowest BCUT2D eigenvalue weighted by atomic mass is 10.2. The molecule has 0 aromatic carbocycles. The fourth-order valence-electron chi connectivity index (χ4n) is 2.56. The number of carbonyl (C=O) groups excluding carboxylic acids is 2. The molecular formula is C18H21N3O9. The second-order valence-corrected chi connectivity index (χ2v) is 6.19. The van der Waals surface area contributed by atoms with Crippen LogP contribution in [-0.2, 0) is 19.1 Å². The molecule has 3 unspecified atom stereocenters. The monoisotopic (exact) mass is 423 g/mol. The summed E-state index contributed by atoms with van der Waals surface area (Å²) in [5.74, 6) is 3.51. The second-order valence-electron chi connectivity index (χ2n) is 6.19. The number of aromatic amines is 1. The van der Waals surface area contributed by atoms with E-state index in [1.54, 1.807) is 0 Å². The Morgan fingerprint density at radius 3 is 2.80 bits per heavy atom. The predicted octanol–water partition coefficient (Wildman–Crippen LogP) is -2.13. The number of nitrogens with zero attached hydrogens (tertiary/aromatic N) is 2. The summed E-state index contributed by atoms with van der Waals surface area (Å²) in [5.41, 5.74) is -1.56. The number of methoxy groups -OCH3 is 1. The Balaban J connectivity index is 2.04. The highest BCUT2D eigenvalue weighted by Gasteiger charge is 2.35. The van der Waals surface area contributed by atoms with E-state index in [2.05, 4.69) is 21.6 Å². The summed E-state index contributed by atoms with van der Waals surface area (Å²) in [6.07, 6.45) is 0.196. The molecule has 0 bridgehead atoms. The van der Waals surface area contributed by atoms with Gasteiger partial charge in [0.2, 0.25) is 0 Å². The molecule has 1 aromatic heterocycles. The maximum Gasteiger partial charge on any atom is 0.330 e. The van der Waals surface area contributed by atoms with Crippen molar-refractivity contribution >= 4 is 11.9 Å². The Hall–Kier alpha value is -3.24. The number of amides is 1. The van der Waals surface area contributed by atoms with Crippen molar-refractivity contribution in [1.82, 2.24) is 14.6 Å². The van der Waals surface area contributed by atoms with Gasteiger partial charge in [-0.1, -0.05) is 11.8 Å². The number of hydrogen-bond acceptors (Lipinski definition) is 9. The molecule has 1 amide bonds. The number of nitrogens with one attached hydrogen (secondary N) is 1. The molecule has 0 spiro atoms. The molecular weight excluding hydrogens is 402 g/mol. The summed E-state index contributed by atoms with van der Waals surface area (Å²) in [4.78, 5) is 48.5. The Labute approximate surface area is 169 Å². The van der Waals surface area contributed by atoms with E-state index in [0.29, 0.717) is 5.06 Å². The van der Waals surface area contributed by atoms with E-state index in [1.165, 1.54) is 6.20 Å². The molecule has 162 valence electrons. The summed E-state index contributed by atoms with van der Waals surface area (Å²) >= 11 is 0. The van der Waals surface area contributed by atoms with Crippen LogP contribution in [0.2, 0.25) is 0 Å². The number of aliphatic hydroxyl groups is 2. The summed E-state index contributed by atoms with van der Waals surface area (Å²) < 4.78 is 10.8. The van der Waals surface area contributed by atoms with Crippen LogP contribution >= 0.6 is 0 Å². The number of esters is 1. The zero-order valence-corrected chi connectivity index (χ0v) is 16.0. The number of hydrogen-bond donors (Lipinski definition) is 4. The molecule has 1 aliphatic heterocycles. The van der Waals surface area contributed by atoms with E-state index in [-0.39, 0.29) is 24.9 Å². The molecule has 2 heterocycles. The number of carbonyl (C=O) groups is 2. The lowest BCUT2D eigenvalue weighted by Crippen LogP contribution is -2.33. The van der Waals surface area contributed by atoms with Gasteiger partial charge in [-0.05, 0) is 0 Å². The van der Waals surface area contributed by atoms with Crippen molar-refractivity contribution in [2.75, 3.05) is 20.3 Å². The normalized spacial score (nSPS) is 20.6. The summed E-state index contributed by atoms with van der Waals surface area (Å²) in [7, 11) is 1.14. The molecule has 12 heteroatoms. The molecule has 3 atom stereocenters. The van der Waals surface area contributed by atoms with Crippen LogP contribution < -0.4 is 11.2 Å². The number of aromatic nitrogens is 2. The van der Waals surface area contributed by atoms with Crippen molar-refractivity contribution in [3.8, 4) is 11.8 Å². The van der Waals surface area contributed by atoms with Gasteiger partial charge in [0.25, 0.3) is 11.5 Å². The van der Waals surface area contributed by atoms with E-state index in [1.807, 2.05) is 0 Å². The summed E-state index contributed by atoms with van der Waals surface area (Å²) in [6, 6.07) is 0. The smallest absolute Gasteiger partial charge is 0.330 e. The van der Waals surface area contributed by atoms with E-state index >= 15 is 0 Å². The first-order chi connectivity index (χ1) is 14.3. The van der Waals surface area contributed by atoms with Gasteiger partial charge in [0, 0.05) is 31.2 Å². The summed E-state index contributed by atoms with van der Waals surface area (Å²) in [5, 5.41) is 28.9. The van der Waals surface area contributed by atoms with Gasteiger partial charge in [-0.15, -0.1) is 0 Å². The van der Waals surface area contributed by atoms with Crippen molar-refractivity contribution < 1.29 is 34.5 Å². The van der Waals surface area contributed by atoms with Gasteiger partial charge in [0.05, 0.1) is 26.4 Å². The first kappa shape index (κ1) is 23.0. The highest BCUT2D eigenvalue weighted by Crippen LogP contribution is 2.27. The topological polar surface area (TPSA) is 171 Å². The average molecular weight is 423 g/mol. The lowest BCUT2D eigenvalue weighted by molar-refractivity contribution is -0.159. The average Bonchev–Trinajstić information content (AvgIpc) is 3.10. The largest absolute Gasteiger partial charge is 0.466 e. The Kier molecular flexibility index (Phi) is 8.07. The Morgan fingerprint density at radius 1 is 1.43 bits per heavy atom. The van der Waals surface area contributed by atoms with Crippen molar-refractivity contribution in [1.29, 1.82) is 0 Å². The van der Waals surface area contributed by atoms with Gasteiger partial charge in [-0.2, -0.15) is 0 Å². The maximum atomic E-state index is 12.0. The fourth-order valence-corrected chi connectivity index (χ4v) is 2.56. The van der Waals surface area contributed by atoms with Crippen molar-refractivity contribution in [3.63, 3.8) is 0 Å². The first-order valence-electron chi connectivity index (χ1n) is 8.82. The number of aliphatic hydroxyl groups excluding tert-OH is 2. The predicted molar refractivity (Wildman–Crippen MR) is 99.1 cm³/mol. The lowest BCUT2D eigenvalue weighted by Gasteiger charge is -2.14. The van der Waals surface area contributed by atoms with Gasteiger partial charge in [-0.3, -0.25) is 24.3 Å². The zero-order chi connectivity index (χ0) is 22.3. The number of rotatable bonds is 6. The van der Waals surface area contributed by atoms with Gasteiger partial charge in [0.1, 0.15) is 17.9 Å². The molecule has 1 saturated heterocycles. The van der Waals surface area contributed by atoms with Crippen molar-refractivity contribution in [3.05, 3.63) is 44.8 Å². The van der Waals surface area contributed by atoms with Crippen LogP contribution in [0.3, 0.4) is 0 Å². The third-order valence-electron chi connectivity index (χ3n) is 4.15. The molecule has 0 aliphatic carbocycles. The van der Waals surface area contributed by atoms with Crippen LogP contribution in [0.15, 0.2) is 27.9 Å². The van der Waals surface area contributed by atoms with Gasteiger partial charge in [-0.25, -0.2) is 14.7 Å². The molecule has 1 aliphatic rings. The standard InChI is InChI=1S/C18H21N3O9/c1-29-16(25)6-5-14(24)21(28)7-3-2-4-11-9-20(18(27)19-17(11)26)15-8-12(23)13(10-22)30-15/h5-6,9,12-13,15,22-23,28H,3,7-8,10H2,1H3,(H,19,26,27)/b6-5+. The molecule has 0 radical (unpaired) electrons. The van der Waals surface area contributed by atoms with E-state index < -0.39 is 48.2 Å². The van der Waals surface area contributed by atoms with Gasteiger partial charge >= 0.3 is 11.7 Å². The van der Waals surface area contributed by atoms with E-state index in [0.717, 1.165) is 23.8 Å². The van der Waals surface area contributed by atoms with Crippen LogP contribution in [0.4, 0.5) is 0 Å². The molecule has 12 nitrogen and oxygen atoms in total. The number of ether oxygens (including phenoxy) is 2. The first-order valence-corrected chi connectivity index (χ1v) is 8.82. The zero-order valence-electron chi connectivity index (χ0n) is 16.0. The quantitative estimate of drug-likeness (QED) is 0.131. The van der Waals surface area contributed by atoms with Crippen LogP contribution in [0.25, 0.3) is 0 Å². The highest BCUT2D eigenvalue weighted by molar-refractivity contribution is 5.93. The summed E-state index contributed by atoms with van der Waals surface area (Å²) in [6.45, 7) is -0.626. The maximum absolute atomic E-state index is 12.0.